The van der Waals surface area contributed by atoms with Crippen LogP contribution in [0.3, 0.4) is 0 Å². The van der Waals surface area contributed by atoms with Crippen LogP contribution in [0.25, 0.3) is 16.9 Å². The second kappa shape index (κ2) is 8.19. The van der Waals surface area contributed by atoms with Crippen LogP contribution in [0.4, 0.5) is 27.5 Å². The van der Waals surface area contributed by atoms with Crippen LogP contribution in [0, 0.1) is 5.82 Å². The number of rotatable bonds is 5. The molecule has 4 aromatic rings. The first-order chi connectivity index (χ1) is 15.2. The Hall–Kier alpha value is -3.72. The van der Waals surface area contributed by atoms with Crippen molar-refractivity contribution in [3.63, 3.8) is 0 Å². The second-order valence-corrected chi connectivity index (χ2v) is 7.43. The van der Waals surface area contributed by atoms with Gasteiger partial charge in [-0.05, 0) is 49.2 Å². The molecule has 0 radical (unpaired) electrons. The molecular weight excluding hydrogens is 397 g/mol. The fraction of sp³-hybridized carbons (Fsp3) is 0.227. The third-order valence-corrected chi connectivity index (χ3v) is 5.23. The van der Waals surface area contributed by atoms with E-state index in [0.29, 0.717) is 34.7 Å². The van der Waals surface area contributed by atoms with E-state index in [-0.39, 0.29) is 0 Å². The maximum absolute atomic E-state index is 14.4. The summed E-state index contributed by atoms with van der Waals surface area (Å²) in [6.07, 6.45) is 4.81. The van der Waals surface area contributed by atoms with Gasteiger partial charge in [-0.2, -0.15) is 4.98 Å². The standard InChI is InChI=1S/C22H22FN7O/c23-18-13-30(20-3-1-2-19(24)28-20)21-17(18)12-25-22(29-21)27-15-6-4-14(5-7-15)26-16-8-10-31-11-9-16/h1-7,12-13,16,26H,8-11H2,(H2,24,28)(H,25,27,29). The smallest absolute Gasteiger partial charge is 0.229 e. The molecule has 1 aliphatic heterocycles. The van der Waals surface area contributed by atoms with Gasteiger partial charge in [0.1, 0.15) is 11.6 Å². The zero-order valence-electron chi connectivity index (χ0n) is 16.8. The Morgan fingerprint density at radius 3 is 2.58 bits per heavy atom. The van der Waals surface area contributed by atoms with Gasteiger partial charge in [0.05, 0.1) is 5.39 Å². The summed E-state index contributed by atoms with van der Waals surface area (Å²) < 4.78 is 21.4. The van der Waals surface area contributed by atoms with Crippen molar-refractivity contribution in [2.75, 3.05) is 29.6 Å². The average Bonchev–Trinajstić information content (AvgIpc) is 3.12. The number of anilines is 4. The number of hydrogen-bond donors (Lipinski definition) is 3. The number of halogens is 1. The van der Waals surface area contributed by atoms with E-state index in [1.165, 1.54) is 12.4 Å². The minimum absolute atomic E-state index is 0.311. The molecule has 31 heavy (non-hydrogen) atoms. The molecule has 1 aliphatic rings. The number of nitrogens with two attached hydrogens (primary N) is 1. The van der Waals surface area contributed by atoms with Crippen molar-refractivity contribution in [2.24, 2.45) is 0 Å². The summed E-state index contributed by atoms with van der Waals surface area (Å²) in [7, 11) is 0. The van der Waals surface area contributed by atoms with E-state index in [4.69, 9.17) is 10.5 Å². The van der Waals surface area contributed by atoms with E-state index in [0.717, 1.165) is 37.4 Å². The highest BCUT2D eigenvalue weighted by Gasteiger charge is 2.15. The summed E-state index contributed by atoms with van der Waals surface area (Å²) in [5.41, 5.74) is 8.07. The highest BCUT2D eigenvalue weighted by molar-refractivity contribution is 5.79. The zero-order valence-corrected chi connectivity index (χ0v) is 16.8. The lowest BCUT2D eigenvalue weighted by molar-refractivity contribution is 0.0904. The van der Waals surface area contributed by atoms with Crippen LogP contribution in [0.15, 0.2) is 54.9 Å². The van der Waals surface area contributed by atoms with Gasteiger partial charge in [0.2, 0.25) is 5.95 Å². The normalized spacial score (nSPS) is 14.6. The van der Waals surface area contributed by atoms with Crippen LogP contribution >= 0.6 is 0 Å². The molecule has 4 heterocycles. The highest BCUT2D eigenvalue weighted by Crippen LogP contribution is 2.24. The fourth-order valence-electron chi connectivity index (χ4n) is 3.63. The van der Waals surface area contributed by atoms with Crippen LogP contribution in [0.5, 0.6) is 0 Å². The molecule has 3 aromatic heterocycles. The molecule has 158 valence electrons. The minimum atomic E-state index is -0.422. The molecular formula is C22H22FN7O. The Balaban J connectivity index is 1.37. The molecule has 0 amide bonds. The number of aromatic nitrogens is 4. The van der Waals surface area contributed by atoms with Crippen molar-refractivity contribution in [1.82, 2.24) is 19.5 Å². The summed E-state index contributed by atoms with van der Waals surface area (Å²) in [6.45, 7) is 1.59. The van der Waals surface area contributed by atoms with Crippen LogP contribution in [0.1, 0.15) is 12.8 Å². The first-order valence-corrected chi connectivity index (χ1v) is 10.1. The molecule has 4 N–H and O–H groups in total. The monoisotopic (exact) mass is 419 g/mol. The molecule has 0 bridgehead atoms. The first-order valence-electron chi connectivity index (χ1n) is 10.1. The van der Waals surface area contributed by atoms with Crippen molar-refractivity contribution in [3.8, 4) is 5.82 Å². The van der Waals surface area contributed by atoms with Crippen molar-refractivity contribution in [2.45, 2.75) is 18.9 Å². The zero-order chi connectivity index (χ0) is 21.2. The summed E-state index contributed by atoms with van der Waals surface area (Å²) in [6, 6.07) is 13.5. The highest BCUT2D eigenvalue weighted by atomic mass is 19.1. The maximum Gasteiger partial charge on any atom is 0.229 e. The first kappa shape index (κ1) is 19.3. The van der Waals surface area contributed by atoms with E-state index in [1.807, 2.05) is 24.3 Å². The van der Waals surface area contributed by atoms with Gasteiger partial charge in [-0.25, -0.2) is 14.4 Å². The lowest BCUT2D eigenvalue weighted by Gasteiger charge is -2.24. The quantitative estimate of drug-likeness (QED) is 0.451. The van der Waals surface area contributed by atoms with E-state index in [9.17, 15) is 4.39 Å². The van der Waals surface area contributed by atoms with Gasteiger partial charge < -0.3 is 21.1 Å². The molecule has 9 heteroatoms. The molecule has 8 nitrogen and oxygen atoms in total. The topological polar surface area (TPSA) is 103 Å². The molecule has 5 rings (SSSR count). The SMILES string of the molecule is Nc1cccc(-n2cc(F)c3cnc(Nc4ccc(NC5CCOCC5)cc4)nc32)n1. The largest absolute Gasteiger partial charge is 0.384 e. The third-order valence-electron chi connectivity index (χ3n) is 5.23. The fourth-order valence-corrected chi connectivity index (χ4v) is 3.63. The number of hydrogen-bond acceptors (Lipinski definition) is 7. The van der Waals surface area contributed by atoms with Gasteiger partial charge in [0.15, 0.2) is 11.5 Å². The lowest BCUT2D eigenvalue weighted by atomic mass is 10.1. The number of pyridine rings is 1. The maximum atomic E-state index is 14.4. The average molecular weight is 419 g/mol. The molecule has 1 aromatic carbocycles. The predicted octanol–water partition coefficient (Wildman–Crippen LogP) is 3.87. The predicted molar refractivity (Wildman–Crippen MR) is 118 cm³/mol. The number of ether oxygens (including phenoxy) is 1. The number of nitrogens with one attached hydrogen (secondary N) is 2. The molecule has 0 unspecified atom stereocenters. The van der Waals surface area contributed by atoms with Crippen LogP contribution in [-0.4, -0.2) is 38.8 Å². The number of benzene rings is 1. The van der Waals surface area contributed by atoms with Crippen molar-refractivity contribution in [1.29, 1.82) is 0 Å². The molecule has 1 saturated heterocycles. The molecule has 0 aliphatic carbocycles. The van der Waals surface area contributed by atoms with Gasteiger partial charge >= 0.3 is 0 Å². The Morgan fingerprint density at radius 1 is 1.03 bits per heavy atom. The summed E-state index contributed by atoms with van der Waals surface area (Å²) >= 11 is 0. The second-order valence-electron chi connectivity index (χ2n) is 7.43. The van der Waals surface area contributed by atoms with Crippen LogP contribution in [0.2, 0.25) is 0 Å². The summed E-state index contributed by atoms with van der Waals surface area (Å²) in [5.74, 6) is 0.777. The van der Waals surface area contributed by atoms with Crippen molar-refractivity contribution < 1.29 is 9.13 Å². The van der Waals surface area contributed by atoms with Gasteiger partial charge in [-0.1, -0.05) is 6.07 Å². The van der Waals surface area contributed by atoms with E-state index >= 15 is 0 Å². The van der Waals surface area contributed by atoms with Gasteiger partial charge in [0, 0.05) is 43.0 Å². The van der Waals surface area contributed by atoms with Crippen molar-refractivity contribution in [3.05, 3.63) is 60.7 Å². The minimum Gasteiger partial charge on any atom is -0.384 e. The van der Waals surface area contributed by atoms with Crippen molar-refractivity contribution >= 4 is 34.2 Å². The number of fused-ring (bicyclic) bond motifs is 1. The van der Waals surface area contributed by atoms with Crippen LogP contribution < -0.4 is 16.4 Å². The molecule has 1 fully saturated rings. The summed E-state index contributed by atoms with van der Waals surface area (Å²) in [4.78, 5) is 13.0. The van der Waals surface area contributed by atoms with E-state index < -0.39 is 5.82 Å². The van der Waals surface area contributed by atoms with Gasteiger partial charge in [-0.15, -0.1) is 0 Å². The number of nitrogens with zero attached hydrogens (tertiary/aromatic N) is 4. The summed E-state index contributed by atoms with van der Waals surface area (Å²) in [5, 5.41) is 7.01. The Kier molecular flexibility index (Phi) is 5.09. The van der Waals surface area contributed by atoms with Crippen LogP contribution in [-0.2, 0) is 4.74 Å². The Labute approximate surface area is 178 Å². The Bertz CT molecular complexity index is 1200. The Morgan fingerprint density at radius 2 is 1.81 bits per heavy atom. The third kappa shape index (κ3) is 4.13. The lowest BCUT2D eigenvalue weighted by Crippen LogP contribution is -2.27. The van der Waals surface area contributed by atoms with Gasteiger partial charge in [0.25, 0.3) is 0 Å². The molecule has 0 saturated carbocycles. The van der Waals surface area contributed by atoms with E-state index in [1.54, 1.807) is 22.8 Å². The van der Waals surface area contributed by atoms with Gasteiger partial charge in [-0.3, -0.25) is 4.57 Å². The van der Waals surface area contributed by atoms with E-state index in [2.05, 4.69) is 25.6 Å². The molecule has 0 spiro atoms. The number of nitrogen functional groups attached to an aromatic ring is 1. The molecule has 0 atom stereocenters.